The van der Waals surface area contributed by atoms with Crippen molar-refractivity contribution in [2.75, 3.05) is 0 Å². The van der Waals surface area contributed by atoms with Crippen LogP contribution in [-0.2, 0) is 11.5 Å². The van der Waals surface area contributed by atoms with E-state index in [2.05, 4.69) is 12.0 Å². The first-order valence-corrected chi connectivity index (χ1v) is 6.33. The van der Waals surface area contributed by atoms with Crippen LogP contribution in [0.2, 0.25) is 0 Å². The first kappa shape index (κ1) is 8.65. The molecule has 1 unspecified atom stereocenters. The highest BCUT2D eigenvalue weighted by Crippen LogP contribution is 2.39. The van der Waals surface area contributed by atoms with E-state index in [0.29, 0.717) is 6.04 Å². The second kappa shape index (κ2) is 2.92. The van der Waals surface area contributed by atoms with E-state index in [1.807, 2.05) is 16.4 Å². The van der Waals surface area contributed by atoms with Gasteiger partial charge in [0, 0.05) is 11.5 Å². The molecule has 0 radical (unpaired) electrons. The summed E-state index contributed by atoms with van der Waals surface area (Å²) in [6.45, 7) is 2.15. The monoisotopic (exact) mass is 210 g/mol. The first-order chi connectivity index (χ1) is 6.77. The Morgan fingerprint density at radius 3 is 2.93 bits per heavy atom. The molecule has 1 fully saturated rings. The maximum Gasteiger partial charge on any atom is 0.271 e. The van der Waals surface area contributed by atoms with Crippen LogP contribution in [0.4, 0.5) is 0 Å². The number of aromatic amines is 1. The molecule has 1 aromatic rings. The van der Waals surface area contributed by atoms with Crippen molar-refractivity contribution in [1.82, 2.24) is 9.78 Å². The van der Waals surface area contributed by atoms with Crippen LogP contribution in [-0.4, -0.2) is 9.78 Å². The molecule has 0 spiro atoms. The van der Waals surface area contributed by atoms with Gasteiger partial charge in [0.1, 0.15) is 0 Å². The third-order valence-corrected chi connectivity index (χ3v) is 4.29. The third kappa shape index (κ3) is 1.16. The zero-order valence-corrected chi connectivity index (χ0v) is 9.06. The largest absolute Gasteiger partial charge is 0.298 e. The minimum absolute atomic E-state index is 0.226. The molecule has 2 heterocycles. The van der Waals surface area contributed by atoms with E-state index in [-0.39, 0.29) is 5.56 Å². The van der Waals surface area contributed by atoms with Crippen LogP contribution in [0, 0.1) is 5.92 Å². The summed E-state index contributed by atoms with van der Waals surface area (Å²) in [4.78, 5) is 12.0. The lowest BCUT2D eigenvalue weighted by molar-refractivity contribution is 0.426. The molecule has 3 nitrogen and oxygen atoms in total. The molecule has 4 heteroatoms. The molecule has 0 bridgehead atoms. The molecule has 0 amide bonds. The Kier molecular flexibility index (Phi) is 1.81. The van der Waals surface area contributed by atoms with Crippen molar-refractivity contribution < 1.29 is 0 Å². The zero-order valence-electron chi connectivity index (χ0n) is 8.25. The fourth-order valence-electron chi connectivity index (χ4n) is 2.14. The van der Waals surface area contributed by atoms with Crippen LogP contribution >= 0.6 is 11.8 Å². The van der Waals surface area contributed by atoms with Crippen LogP contribution in [0.15, 0.2) is 4.79 Å². The van der Waals surface area contributed by atoms with Gasteiger partial charge in [-0.05, 0) is 25.7 Å². The molecular weight excluding hydrogens is 196 g/mol. The number of nitrogens with one attached hydrogen (secondary N) is 1. The number of hydrogen-bond donors (Lipinski definition) is 1. The average Bonchev–Trinajstić information content (AvgIpc) is 2.84. The Bertz CT molecular complexity index is 416. The minimum atomic E-state index is 0.226. The van der Waals surface area contributed by atoms with Gasteiger partial charge in [-0.25, -0.2) is 4.68 Å². The van der Waals surface area contributed by atoms with Crippen LogP contribution < -0.4 is 5.56 Å². The molecule has 1 aromatic heterocycles. The number of nitrogens with zero attached hydrogens (tertiary/aromatic N) is 1. The van der Waals surface area contributed by atoms with Crippen molar-refractivity contribution in [3.8, 4) is 0 Å². The summed E-state index contributed by atoms with van der Waals surface area (Å²) in [6.07, 6.45) is 2.57. The Balaban J connectivity index is 2.02. The molecular formula is C10H14N2OS. The number of hydrogen-bond acceptors (Lipinski definition) is 2. The van der Waals surface area contributed by atoms with Crippen molar-refractivity contribution in [2.45, 2.75) is 37.3 Å². The van der Waals surface area contributed by atoms with Gasteiger partial charge in [-0.2, -0.15) is 11.8 Å². The lowest BCUT2D eigenvalue weighted by atomic mass is 10.2. The number of aromatic nitrogens is 2. The maximum atomic E-state index is 12.0. The predicted octanol–water partition coefficient (Wildman–Crippen LogP) is 1.89. The first-order valence-electron chi connectivity index (χ1n) is 5.17. The summed E-state index contributed by atoms with van der Waals surface area (Å²) >= 11 is 1.82. The minimum Gasteiger partial charge on any atom is -0.298 e. The number of rotatable bonds is 2. The van der Waals surface area contributed by atoms with Gasteiger partial charge in [0.05, 0.1) is 17.3 Å². The molecule has 1 atom stereocenters. The van der Waals surface area contributed by atoms with Gasteiger partial charge in [0.25, 0.3) is 5.56 Å². The second-order valence-corrected chi connectivity index (χ2v) is 5.30. The fourth-order valence-corrected chi connectivity index (χ4v) is 3.18. The van der Waals surface area contributed by atoms with E-state index in [1.54, 1.807) is 0 Å². The highest BCUT2D eigenvalue weighted by molar-refractivity contribution is 7.98. The fraction of sp³-hybridized carbons (Fsp3) is 0.700. The standard InChI is InChI=1S/C10H14N2OS/c1-6(7-2-3-7)12-10(13)8-4-14-5-9(8)11-12/h6-7,11H,2-5H2,1H3. The quantitative estimate of drug-likeness (QED) is 0.809. The number of thioether (sulfide) groups is 1. The van der Waals surface area contributed by atoms with E-state index < -0.39 is 0 Å². The molecule has 1 aliphatic carbocycles. The van der Waals surface area contributed by atoms with E-state index in [0.717, 1.165) is 28.7 Å². The summed E-state index contributed by atoms with van der Waals surface area (Å²) in [5, 5.41) is 3.27. The summed E-state index contributed by atoms with van der Waals surface area (Å²) in [6, 6.07) is 0.373. The SMILES string of the molecule is CC(C1CC1)n1[nH]c2c(c1=O)CSC2. The van der Waals surface area contributed by atoms with Gasteiger partial charge >= 0.3 is 0 Å². The zero-order chi connectivity index (χ0) is 9.71. The smallest absolute Gasteiger partial charge is 0.271 e. The summed E-state index contributed by atoms with van der Waals surface area (Å²) in [5.74, 6) is 2.61. The molecule has 0 aromatic carbocycles. The molecule has 2 aliphatic rings. The molecule has 14 heavy (non-hydrogen) atoms. The lowest BCUT2D eigenvalue weighted by Gasteiger charge is -2.10. The maximum absolute atomic E-state index is 12.0. The Morgan fingerprint density at radius 2 is 2.29 bits per heavy atom. The van der Waals surface area contributed by atoms with E-state index >= 15 is 0 Å². The van der Waals surface area contributed by atoms with Crippen LogP contribution in [0.3, 0.4) is 0 Å². The third-order valence-electron chi connectivity index (χ3n) is 3.30. The van der Waals surface area contributed by atoms with Gasteiger partial charge < -0.3 is 0 Å². The van der Waals surface area contributed by atoms with Crippen LogP contribution in [0.25, 0.3) is 0 Å². The van der Waals surface area contributed by atoms with Crippen LogP contribution in [0.1, 0.15) is 37.1 Å². The van der Waals surface area contributed by atoms with E-state index in [4.69, 9.17) is 0 Å². The van der Waals surface area contributed by atoms with Gasteiger partial charge in [-0.15, -0.1) is 0 Å². The van der Waals surface area contributed by atoms with Crippen molar-refractivity contribution in [3.63, 3.8) is 0 Å². The number of fused-ring (bicyclic) bond motifs is 1. The highest BCUT2D eigenvalue weighted by Gasteiger charge is 2.32. The summed E-state index contributed by atoms with van der Waals surface area (Å²) in [5.41, 5.74) is 2.40. The molecule has 3 rings (SSSR count). The second-order valence-electron chi connectivity index (χ2n) is 4.31. The van der Waals surface area contributed by atoms with Gasteiger partial charge in [-0.3, -0.25) is 9.89 Å². The average molecular weight is 210 g/mol. The summed E-state index contributed by atoms with van der Waals surface area (Å²) < 4.78 is 1.85. The van der Waals surface area contributed by atoms with Crippen LogP contribution in [0.5, 0.6) is 0 Å². The van der Waals surface area contributed by atoms with Gasteiger partial charge in [-0.1, -0.05) is 0 Å². The lowest BCUT2D eigenvalue weighted by Crippen LogP contribution is -2.23. The summed E-state index contributed by atoms with van der Waals surface area (Å²) in [7, 11) is 0. The Labute approximate surface area is 86.9 Å². The Hall–Kier alpha value is -0.640. The number of H-pyrrole nitrogens is 1. The van der Waals surface area contributed by atoms with Crippen molar-refractivity contribution >= 4 is 11.8 Å². The van der Waals surface area contributed by atoms with E-state index in [9.17, 15) is 4.79 Å². The molecule has 76 valence electrons. The Morgan fingerprint density at radius 1 is 1.50 bits per heavy atom. The molecule has 1 saturated carbocycles. The predicted molar refractivity (Wildman–Crippen MR) is 57.5 cm³/mol. The molecule has 0 saturated heterocycles. The van der Waals surface area contributed by atoms with Crippen molar-refractivity contribution in [2.24, 2.45) is 5.92 Å². The molecule has 1 N–H and O–H groups in total. The van der Waals surface area contributed by atoms with Crippen molar-refractivity contribution in [1.29, 1.82) is 0 Å². The van der Waals surface area contributed by atoms with E-state index in [1.165, 1.54) is 12.8 Å². The normalized spacial score (nSPS) is 22.4. The van der Waals surface area contributed by atoms with Gasteiger partial charge in [0.15, 0.2) is 0 Å². The molecule has 1 aliphatic heterocycles. The van der Waals surface area contributed by atoms with Crippen molar-refractivity contribution in [3.05, 3.63) is 21.6 Å². The topological polar surface area (TPSA) is 37.8 Å². The van der Waals surface area contributed by atoms with Gasteiger partial charge in [0.2, 0.25) is 0 Å². The highest BCUT2D eigenvalue weighted by atomic mass is 32.2.